The molecule has 1 atom stereocenters. The standard InChI is InChI=1S/C17H29NO4S/c1-17(2,3)22-16(20)18-10-6-7-13(18)11-21-15(19)12-23-14-8-4-5-9-14/h13-14H,4-12H2,1-3H3/t13-/m1/s1. The van der Waals surface area contributed by atoms with Gasteiger partial charge in [-0.15, -0.1) is 11.8 Å². The van der Waals surface area contributed by atoms with Crippen LogP contribution in [0.5, 0.6) is 0 Å². The number of hydrogen-bond donors (Lipinski definition) is 0. The van der Waals surface area contributed by atoms with E-state index in [0.29, 0.717) is 17.5 Å². The number of rotatable bonds is 5. The lowest BCUT2D eigenvalue weighted by atomic mass is 10.2. The van der Waals surface area contributed by atoms with Crippen LogP contribution in [0.4, 0.5) is 4.79 Å². The average Bonchev–Trinajstić information content (AvgIpc) is 3.12. The molecule has 6 heteroatoms. The van der Waals surface area contributed by atoms with E-state index in [2.05, 4.69) is 0 Å². The molecule has 1 aliphatic carbocycles. The van der Waals surface area contributed by atoms with Gasteiger partial charge in [-0.1, -0.05) is 12.8 Å². The third-order valence-electron chi connectivity index (χ3n) is 4.18. The van der Waals surface area contributed by atoms with Gasteiger partial charge in [-0.3, -0.25) is 4.79 Å². The van der Waals surface area contributed by atoms with Crippen molar-refractivity contribution in [1.29, 1.82) is 0 Å². The number of thioether (sulfide) groups is 1. The van der Waals surface area contributed by atoms with Crippen LogP contribution in [-0.2, 0) is 14.3 Å². The number of nitrogens with zero attached hydrogens (tertiary/aromatic N) is 1. The first-order valence-electron chi connectivity index (χ1n) is 8.62. The summed E-state index contributed by atoms with van der Waals surface area (Å²) in [6, 6.07) is -0.0507. The smallest absolute Gasteiger partial charge is 0.410 e. The van der Waals surface area contributed by atoms with Crippen LogP contribution in [0.2, 0.25) is 0 Å². The van der Waals surface area contributed by atoms with Gasteiger partial charge in [0.25, 0.3) is 0 Å². The Hall–Kier alpha value is -0.910. The molecule has 0 unspecified atom stereocenters. The molecule has 0 bridgehead atoms. The highest BCUT2D eigenvalue weighted by atomic mass is 32.2. The predicted molar refractivity (Wildman–Crippen MR) is 91.6 cm³/mol. The van der Waals surface area contributed by atoms with Crippen LogP contribution < -0.4 is 0 Å². The monoisotopic (exact) mass is 343 g/mol. The number of likely N-dealkylation sites (tertiary alicyclic amines) is 1. The Kier molecular flexibility index (Phi) is 6.62. The van der Waals surface area contributed by atoms with Crippen LogP contribution in [0.1, 0.15) is 59.3 Å². The van der Waals surface area contributed by atoms with E-state index in [-0.39, 0.29) is 24.7 Å². The van der Waals surface area contributed by atoms with Crippen molar-refractivity contribution in [3.05, 3.63) is 0 Å². The SMILES string of the molecule is CC(C)(C)OC(=O)N1CCC[C@@H]1COC(=O)CSC1CCCC1. The Labute approximate surface area is 143 Å². The second-order valence-electron chi connectivity index (χ2n) is 7.37. The molecule has 0 radical (unpaired) electrons. The van der Waals surface area contributed by atoms with Gasteiger partial charge in [-0.05, 0) is 46.5 Å². The van der Waals surface area contributed by atoms with Crippen molar-refractivity contribution in [2.75, 3.05) is 18.9 Å². The summed E-state index contributed by atoms with van der Waals surface area (Å²) in [6.07, 6.45) is 6.47. The maximum Gasteiger partial charge on any atom is 0.410 e. The van der Waals surface area contributed by atoms with Gasteiger partial charge in [0.1, 0.15) is 12.2 Å². The summed E-state index contributed by atoms with van der Waals surface area (Å²) in [6.45, 7) is 6.53. The molecular weight excluding hydrogens is 314 g/mol. The zero-order chi connectivity index (χ0) is 16.9. The van der Waals surface area contributed by atoms with Gasteiger partial charge in [-0.25, -0.2) is 4.79 Å². The molecule has 2 rings (SSSR count). The van der Waals surface area contributed by atoms with Crippen LogP contribution in [-0.4, -0.2) is 52.8 Å². The van der Waals surface area contributed by atoms with Gasteiger partial charge in [0.05, 0.1) is 11.8 Å². The molecular formula is C17H29NO4S. The van der Waals surface area contributed by atoms with Crippen molar-refractivity contribution in [2.45, 2.75) is 76.2 Å². The van der Waals surface area contributed by atoms with Crippen molar-refractivity contribution in [3.63, 3.8) is 0 Å². The van der Waals surface area contributed by atoms with Crippen LogP contribution in [0.25, 0.3) is 0 Å². The Morgan fingerprint density at radius 2 is 1.83 bits per heavy atom. The fourth-order valence-electron chi connectivity index (χ4n) is 3.04. The van der Waals surface area contributed by atoms with Crippen LogP contribution in [0, 0.1) is 0 Å². The molecule has 5 nitrogen and oxygen atoms in total. The second-order valence-corrected chi connectivity index (χ2v) is 8.66. The maximum atomic E-state index is 12.2. The molecule has 1 heterocycles. The van der Waals surface area contributed by atoms with Crippen molar-refractivity contribution < 1.29 is 19.1 Å². The zero-order valence-corrected chi connectivity index (χ0v) is 15.3. The first kappa shape index (κ1) is 18.4. The quantitative estimate of drug-likeness (QED) is 0.714. The summed E-state index contributed by atoms with van der Waals surface area (Å²) in [4.78, 5) is 25.8. The molecule has 0 aromatic carbocycles. The summed E-state index contributed by atoms with van der Waals surface area (Å²) >= 11 is 1.71. The van der Waals surface area contributed by atoms with Gasteiger partial charge in [0, 0.05) is 11.8 Å². The molecule has 0 N–H and O–H groups in total. The predicted octanol–water partition coefficient (Wildman–Crippen LogP) is 3.60. The lowest BCUT2D eigenvalue weighted by Crippen LogP contribution is -2.42. The van der Waals surface area contributed by atoms with E-state index >= 15 is 0 Å². The Balaban J connectivity index is 1.70. The third-order valence-corrected chi connectivity index (χ3v) is 5.53. The number of hydrogen-bond acceptors (Lipinski definition) is 5. The van der Waals surface area contributed by atoms with E-state index in [9.17, 15) is 9.59 Å². The molecule has 1 amide bonds. The van der Waals surface area contributed by atoms with Crippen LogP contribution in [0.3, 0.4) is 0 Å². The average molecular weight is 343 g/mol. The summed E-state index contributed by atoms with van der Waals surface area (Å²) < 4.78 is 10.8. The normalized spacial score (nSPS) is 22.4. The second kappa shape index (κ2) is 8.27. The molecule has 2 fully saturated rings. The number of carbonyl (C=O) groups is 2. The summed E-state index contributed by atoms with van der Waals surface area (Å²) in [5.41, 5.74) is -0.501. The summed E-state index contributed by atoms with van der Waals surface area (Å²) in [5, 5.41) is 0.618. The molecule has 0 aromatic heterocycles. The Morgan fingerprint density at radius 3 is 2.48 bits per heavy atom. The maximum absolute atomic E-state index is 12.2. The van der Waals surface area contributed by atoms with E-state index in [0.717, 1.165) is 12.8 Å². The van der Waals surface area contributed by atoms with Crippen LogP contribution in [0.15, 0.2) is 0 Å². The van der Waals surface area contributed by atoms with Crippen LogP contribution >= 0.6 is 11.8 Å². The van der Waals surface area contributed by atoms with Crippen molar-refractivity contribution in [3.8, 4) is 0 Å². The van der Waals surface area contributed by atoms with Crippen molar-refractivity contribution in [1.82, 2.24) is 4.90 Å². The largest absolute Gasteiger partial charge is 0.463 e. The fourth-order valence-corrected chi connectivity index (χ4v) is 4.16. The van der Waals surface area contributed by atoms with Crippen molar-refractivity contribution >= 4 is 23.8 Å². The highest BCUT2D eigenvalue weighted by Crippen LogP contribution is 2.29. The van der Waals surface area contributed by atoms with Gasteiger partial charge in [0.15, 0.2) is 0 Å². The van der Waals surface area contributed by atoms with Gasteiger partial charge < -0.3 is 14.4 Å². The number of carbonyl (C=O) groups excluding carboxylic acids is 2. The topological polar surface area (TPSA) is 55.8 Å². The number of ether oxygens (including phenoxy) is 2. The van der Waals surface area contributed by atoms with Gasteiger partial charge >= 0.3 is 12.1 Å². The lowest BCUT2D eigenvalue weighted by Gasteiger charge is -2.28. The van der Waals surface area contributed by atoms with E-state index in [1.54, 1.807) is 16.7 Å². The minimum absolute atomic E-state index is 0.0507. The van der Waals surface area contributed by atoms with Gasteiger partial charge in [-0.2, -0.15) is 0 Å². The summed E-state index contributed by atoms with van der Waals surface area (Å²) in [7, 11) is 0. The van der Waals surface area contributed by atoms with E-state index < -0.39 is 5.60 Å². The Bertz CT molecular complexity index is 415. The van der Waals surface area contributed by atoms with Crippen molar-refractivity contribution in [2.24, 2.45) is 0 Å². The number of amides is 1. The van der Waals surface area contributed by atoms with E-state index in [1.165, 1.54) is 25.7 Å². The minimum atomic E-state index is -0.501. The minimum Gasteiger partial charge on any atom is -0.463 e. The molecule has 1 saturated heterocycles. The molecule has 132 valence electrons. The zero-order valence-electron chi connectivity index (χ0n) is 14.5. The van der Waals surface area contributed by atoms with Gasteiger partial charge in [0.2, 0.25) is 0 Å². The van der Waals surface area contributed by atoms with E-state index in [4.69, 9.17) is 9.47 Å². The fraction of sp³-hybridized carbons (Fsp3) is 0.882. The molecule has 0 aromatic rings. The first-order valence-corrected chi connectivity index (χ1v) is 9.67. The molecule has 23 heavy (non-hydrogen) atoms. The number of esters is 1. The molecule has 2 aliphatic rings. The highest BCUT2D eigenvalue weighted by molar-refractivity contribution is 8.00. The summed E-state index contributed by atoms with van der Waals surface area (Å²) in [5.74, 6) is 0.252. The molecule has 0 spiro atoms. The molecule has 1 aliphatic heterocycles. The third kappa shape index (κ3) is 6.24. The highest BCUT2D eigenvalue weighted by Gasteiger charge is 2.33. The first-order chi connectivity index (χ1) is 10.8. The lowest BCUT2D eigenvalue weighted by molar-refractivity contribution is -0.141. The Morgan fingerprint density at radius 1 is 1.13 bits per heavy atom. The molecule has 1 saturated carbocycles. The van der Waals surface area contributed by atoms with E-state index in [1.807, 2.05) is 20.8 Å².